The van der Waals surface area contributed by atoms with Crippen LogP contribution in [0.2, 0.25) is 0 Å². The first kappa shape index (κ1) is 25.0. The van der Waals surface area contributed by atoms with Gasteiger partial charge in [-0.15, -0.1) is 0 Å². The molecule has 0 bridgehead atoms. The average Bonchev–Trinajstić information content (AvgIpc) is 2.68. The third-order valence-corrected chi connectivity index (χ3v) is 6.52. The van der Waals surface area contributed by atoms with Gasteiger partial charge in [0.2, 0.25) is 0 Å². The minimum Gasteiger partial charge on any atom is -0.392 e. The highest BCUT2D eigenvalue weighted by Crippen LogP contribution is 2.21. The van der Waals surface area contributed by atoms with Crippen LogP contribution >= 0.6 is 0 Å². The first-order valence-electron chi connectivity index (χ1n) is 12.7. The Balaban J connectivity index is 1.79. The highest BCUT2D eigenvalue weighted by Gasteiger charge is 2.25. The van der Waals surface area contributed by atoms with Crippen molar-refractivity contribution in [3.63, 3.8) is 0 Å². The summed E-state index contributed by atoms with van der Waals surface area (Å²) in [5.41, 5.74) is 0. The molecule has 1 N–H and O–H groups in total. The van der Waals surface area contributed by atoms with E-state index in [1.807, 2.05) is 6.92 Å². The number of piperidine rings is 1. The van der Waals surface area contributed by atoms with Crippen LogP contribution in [-0.4, -0.2) is 35.2 Å². The maximum absolute atomic E-state index is 9.94. The Bertz CT molecular complexity index is 305. The molecule has 2 atom stereocenters. The summed E-state index contributed by atoms with van der Waals surface area (Å²) >= 11 is 0. The van der Waals surface area contributed by atoms with Crippen molar-refractivity contribution in [3.05, 3.63) is 0 Å². The minimum atomic E-state index is -0.161. The second kappa shape index (κ2) is 18.0. The van der Waals surface area contributed by atoms with E-state index in [2.05, 4.69) is 11.8 Å². The zero-order valence-electron chi connectivity index (χ0n) is 18.9. The van der Waals surface area contributed by atoms with Crippen LogP contribution in [0, 0.1) is 0 Å². The first-order chi connectivity index (χ1) is 13.3. The molecule has 2 nitrogen and oxygen atoms in total. The fourth-order valence-electron chi connectivity index (χ4n) is 4.70. The van der Waals surface area contributed by atoms with Crippen LogP contribution in [0.1, 0.15) is 136 Å². The number of unbranched alkanes of at least 4 members (excludes halogenated alkanes) is 15. The lowest BCUT2D eigenvalue weighted by atomic mass is 9.97. The van der Waals surface area contributed by atoms with Gasteiger partial charge in [-0.3, -0.25) is 4.90 Å². The predicted molar refractivity (Wildman–Crippen MR) is 120 cm³/mol. The quantitative estimate of drug-likeness (QED) is 0.249. The van der Waals surface area contributed by atoms with E-state index in [1.54, 1.807) is 0 Å². The summed E-state index contributed by atoms with van der Waals surface area (Å²) in [6, 6.07) is 0.426. The second-order valence-electron chi connectivity index (χ2n) is 9.14. The number of aliphatic hydroxyl groups excluding tert-OH is 1. The van der Waals surface area contributed by atoms with Gasteiger partial charge in [0.25, 0.3) is 0 Å². The summed E-state index contributed by atoms with van der Waals surface area (Å²) in [6.07, 6.45) is 26.6. The number of aliphatic hydroxyl groups is 1. The molecule has 1 aliphatic heterocycles. The van der Waals surface area contributed by atoms with Crippen molar-refractivity contribution >= 4 is 0 Å². The zero-order chi connectivity index (χ0) is 19.6. The van der Waals surface area contributed by atoms with Gasteiger partial charge >= 0.3 is 0 Å². The molecule has 0 amide bonds. The molecular weight excluding hydrogens is 330 g/mol. The molecule has 2 unspecified atom stereocenters. The molecule has 0 aromatic carbocycles. The van der Waals surface area contributed by atoms with Gasteiger partial charge in [0.15, 0.2) is 0 Å². The molecule has 0 aromatic heterocycles. The van der Waals surface area contributed by atoms with E-state index in [0.717, 1.165) is 0 Å². The molecule has 1 rings (SSSR count). The lowest BCUT2D eigenvalue weighted by Gasteiger charge is -2.37. The van der Waals surface area contributed by atoms with E-state index in [0.29, 0.717) is 6.04 Å². The van der Waals surface area contributed by atoms with Crippen LogP contribution < -0.4 is 0 Å². The highest BCUT2D eigenvalue weighted by molar-refractivity contribution is 4.80. The molecule has 1 heterocycles. The molecule has 0 aromatic rings. The van der Waals surface area contributed by atoms with Crippen molar-refractivity contribution in [2.24, 2.45) is 0 Å². The van der Waals surface area contributed by atoms with Crippen molar-refractivity contribution < 1.29 is 5.11 Å². The van der Waals surface area contributed by atoms with Crippen molar-refractivity contribution in [1.29, 1.82) is 0 Å². The Morgan fingerprint density at radius 2 is 1.15 bits per heavy atom. The molecule has 0 spiro atoms. The van der Waals surface area contributed by atoms with Gasteiger partial charge in [-0.2, -0.15) is 0 Å². The topological polar surface area (TPSA) is 23.5 Å². The third kappa shape index (κ3) is 13.7. The minimum absolute atomic E-state index is 0.161. The van der Waals surface area contributed by atoms with Crippen LogP contribution in [0.3, 0.4) is 0 Å². The van der Waals surface area contributed by atoms with Gasteiger partial charge in [0, 0.05) is 6.04 Å². The van der Waals surface area contributed by atoms with E-state index >= 15 is 0 Å². The maximum atomic E-state index is 9.94. The fourth-order valence-corrected chi connectivity index (χ4v) is 4.70. The van der Waals surface area contributed by atoms with Crippen molar-refractivity contribution in [3.8, 4) is 0 Å². The van der Waals surface area contributed by atoms with E-state index in [1.165, 1.54) is 135 Å². The molecule has 0 saturated carbocycles. The highest BCUT2D eigenvalue weighted by atomic mass is 16.3. The van der Waals surface area contributed by atoms with Crippen LogP contribution in [0.4, 0.5) is 0 Å². The van der Waals surface area contributed by atoms with E-state index in [-0.39, 0.29) is 6.10 Å². The smallest absolute Gasteiger partial charge is 0.0667 e. The zero-order valence-corrected chi connectivity index (χ0v) is 18.9. The summed E-state index contributed by atoms with van der Waals surface area (Å²) in [7, 11) is 0. The van der Waals surface area contributed by atoms with Gasteiger partial charge in [0.1, 0.15) is 0 Å². The monoisotopic (exact) mass is 381 g/mol. The maximum Gasteiger partial charge on any atom is 0.0667 e. The number of hydrogen-bond acceptors (Lipinski definition) is 2. The largest absolute Gasteiger partial charge is 0.392 e. The van der Waals surface area contributed by atoms with Gasteiger partial charge in [-0.1, -0.05) is 110 Å². The Hall–Kier alpha value is -0.0800. The normalized spacial score (nSPS) is 19.4. The third-order valence-electron chi connectivity index (χ3n) is 6.52. The molecule has 27 heavy (non-hydrogen) atoms. The van der Waals surface area contributed by atoms with E-state index in [9.17, 15) is 5.11 Å². The molecule has 1 aliphatic rings. The van der Waals surface area contributed by atoms with Crippen LogP contribution in [0.25, 0.3) is 0 Å². The van der Waals surface area contributed by atoms with E-state index in [4.69, 9.17) is 0 Å². The SMILES string of the molecule is CCCCCCCCCCCCCCCCCCN1CCCCC1C(C)O. The van der Waals surface area contributed by atoms with Crippen LogP contribution in [0.15, 0.2) is 0 Å². The number of nitrogens with zero attached hydrogens (tertiary/aromatic N) is 1. The molecule has 0 radical (unpaired) electrons. The van der Waals surface area contributed by atoms with Gasteiger partial charge in [0.05, 0.1) is 6.10 Å². The Kier molecular flexibility index (Phi) is 16.6. The van der Waals surface area contributed by atoms with Crippen molar-refractivity contribution in [2.45, 2.75) is 148 Å². The number of hydrogen-bond donors (Lipinski definition) is 1. The molecule has 1 fully saturated rings. The first-order valence-corrected chi connectivity index (χ1v) is 12.7. The number of rotatable bonds is 18. The van der Waals surface area contributed by atoms with Gasteiger partial charge in [-0.05, 0) is 39.3 Å². The Morgan fingerprint density at radius 1 is 0.704 bits per heavy atom. The Morgan fingerprint density at radius 3 is 1.59 bits per heavy atom. The standard InChI is InChI=1S/C25H51NO/c1-3-4-5-6-7-8-9-10-11-12-13-14-15-16-17-19-22-26-23-20-18-21-25(26)24(2)27/h24-25,27H,3-23H2,1-2H3. The summed E-state index contributed by atoms with van der Waals surface area (Å²) in [5, 5.41) is 9.94. The van der Waals surface area contributed by atoms with Crippen LogP contribution in [0.5, 0.6) is 0 Å². The second-order valence-corrected chi connectivity index (χ2v) is 9.14. The predicted octanol–water partition coefficient (Wildman–Crippen LogP) is 7.48. The molecule has 0 aliphatic carbocycles. The van der Waals surface area contributed by atoms with E-state index < -0.39 is 0 Å². The average molecular weight is 382 g/mol. The lowest BCUT2D eigenvalue weighted by molar-refractivity contribution is 0.0355. The summed E-state index contributed by atoms with van der Waals surface area (Å²) in [5.74, 6) is 0. The molecular formula is C25H51NO. The molecule has 1 saturated heterocycles. The summed E-state index contributed by atoms with van der Waals surface area (Å²) in [6.45, 7) is 6.67. The number of likely N-dealkylation sites (tertiary alicyclic amines) is 1. The Labute approximate surface area is 171 Å². The van der Waals surface area contributed by atoms with Crippen LogP contribution in [-0.2, 0) is 0 Å². The van der Waals surface area contributed by atoms with Gasteiger partial charge in [-0.25, -0.2) is 0 Å². The lowest BCUT2D eigenvalue weighted by Crippen LogP contribution is -2.46. The van der Waals surface area contributed by atoms with Gasteiger partial charge < -0.3 is 5.11 Å². The summed E-state index contributed by atoms with van der Waals surface area (Å²) in [4.78, 5) is 2.55. The van der Waals surface area contributed by atoms with Crippen molar-refractivity contribution in [1.82, 2.24) is 4.90 Å². The molecule has 2 heteroatoms. The van der Waals surface area contributed by atoms with Crippen molar-refractivity contribution in [2.75, 3.05) is 13.1 Å². The molecule has 162 valence electrons. The fraction of sp³-hybridized carbons (Fsp3) is 1.00. The summed E-state index contributed by atoms with van der Waals surface area (Å²) < 4.78 is 0.